The van der Waals surface area contributed by atoms with Crippen molar-refractivity contribution in [2.24, 2.45) is 10.2 Å². The molecule has 19 nitrogen and oxygen atoms in total. The van der Waals surface area contributed by atoms with E-state index < -0.39 is 99.9 Å². The fourth-order valence-electron chi connectivity index (χ4n) is 4.77. The summed E-state index contributed by atoms with van der Waals surface area (Å²) in [4.78, 5) is -3.52. The first-order valence-electron chi connectivity index (χ1n) is 13.3. The number of benzene rings is 5. The molecule has 270 valence electrons. The minimum absolute atomic E-state index is 0.0408. The predicted octanol–water partition coefficient (Wildman–Crippen LogP) is 4.94. The van der Waals surface area contributed by atoms with Gasteiger partial charge in [-0.2, -0.15) is 33.7 Å². The van der Waals surface area contributed by atoms with Crippen molar-refractivity contribution in [1.29, 1.82) is 0 Å². The molecule has 0 radical (unpaired) electrons. The first-order valence-corrected chi connectivity index (χ1v) is 19.8. The Kier molecular flexibility index (Phi) is 10.1. The van der Waals surface area contributed by atoms with Crippen LogP contribution in [0.25, 0.3) is 21.5 Å². The summed E-state index contributed by atoms with van der Waals surface area (Å²) in [6, 6.07) is 11.1. The molecule has 5 rings (SSSR count). The maximum absolute atomic E-state index is 13.1. The molecule has 0 fully saturated rings. The number of aryl methyl sites for hydroxylation is 1. The van der Waals surface area contributed by atoms with E-state index in [1.807, 2.05) is 0 Å². The van der Waals surface area contributed by atoms with Gasteiger partial charge in [-0.1, -0.05) is 22.7 Å². The fourth-order valence-corrected chi connectivity index (χ4v) is 8.19. The second-order valence-electron chi connectivity index (χ2n) is 10.3. The van der Waals surface area contributed by atoms with Crippen molar-refractivity contribution in [3.63, 3.8) is 0 Å². The first kappa shape index (κ1) is 37.8. The summed E-state index contributed by atoms with van der Waals surface area (Å²) in [7, 11) is -20.4. The highest BCUT2D eigenvalue weighted by Crippen LogP contribution is 2.45. The van der Waals surface area contributed by atoms with Gasteiger partial charge in [0.1, 0.15) is 31.8 Å². The molecule has 0 aliphatic rings. The number of nitrogens with two attached hydrogens (primary N) is 1. The van der Waals surface area contributed by atoms with Crippen LogP contribution in [0.1, 0.15) is 5.56 Å². The third-order valence-electron chi connectivity index (χ3n) is 6.94. The average Bonchev–Trinajstić information content (AvgIpc) is 3.01. The van der Waals surface area contributed by atoms with Crippen LogP contribution in [0.5, 0.6) is 11.5 Å². The zero-order chi connectivity index (χ0) is 37.7. The highest BCUT2D eigenvalue weighted by Gasteiger charge is 2.28. The number of phenolic OH excluding ortho intramolecular Hbond substituents is 1. The van der Waals surface area contributed by atoms with Gasteiger partial charge in [-0.05, 0) is 55.5 Å². The van der Waals surface area contributed by atoms with E-state index in [4.69, 9.17) is 15.2 Å². The fraction of sp³-hybridized carbons (Fsp3) is 0.0370. The second kappa shape index (κ2) is 13.6. The molecular formula is C27H21N3O16S5. The summed E-state index contributed by atoms with van der Waals surface area (Å²) in [6.07, 6.45) is 0. The molecule has 0 aromatic heterocycles. The highest BCUT2D eigenvalue weighted by molar-refractivity contribution is 7.94. The van der Waals surface area contributed by atoms with Gasteiger partial charge in [-0.15, -0.1) is 14.6 Å². The topological polar surface area (TPSA) is 316 Å². The van der Waals surface area contributed by atoms with Crippen LogP contribution in [-0.4, -0.2) is 57.7 Å². The maximum Gasteiger partial charge on any atom is 0.339 e. The third kappa shape index (κ3) is 7.90. The van der Waals surface area contributed by atoms with Crippen LogP contribution in [0.3, 0.4) is 0 Å². The van der Waals surface area contributed by atoms with Gasteiger partial charge >= 0.3 is 10.1 Å². The van der Waals surface area contributed by atoms with E-state index in [9.17, 15) is 52.4 Å². The van der Waals surface area contributed by atoms with Crippen molar-refractivity contribution >= 4 is 91.1 Å². The number of hydrogen-bond donors (Lipinski definition) is 6. The number of fused-ring (bicyclic) bond motifs is 2. The number of nitrogen functional groups attached to an aromatic ring is 1. The van der Waals surface area contributed by atoms with Gasteiger partial charge in [0, 0.05) is 27.1 Å². The number of hydrogen-bond acceptors (Lipinski definition) is 17. The lowest BCUT2D eigenvalue weighted by atomic mass is 10.1. The molecule has 0 spiro atoms. The molecule has 5 aromatic rings. The van der Waals surface area contributed by atoms with Crippen LogP contribution in [0, 0.1) is 6.92 Å². The van der Waals surface area contributed by atoms with Crippen LogP contribution in [0.4, 0.5) is 17.1 Å². The lowest BCUT2D eigenvalue weighted by Crippen LogP contribution is -2.11. The summed E-state index contributed by atoms with van der Waals surface area (Å²) in [5, 5.41) is 28.1. The van der Waals surface area contributed by atoms with E-state index in [2.05, 4.69) is 19.6 Å². The van der Waals surface area contributed by atoms with Gasteiger partial charge in [0.15, 0.2) is 5.75 Å². The third-order valence-corrected chi connectivity index (χ3v) is 11.4. The zero-order valence-electron chi connectivity index (χ0n) is 25.1. The molecule has 51 heavy (non-hydrogen) atoms. The van der Waals surface area contributed by atoms with Crippen molar-refractivity contribution in [2.75, 3.05) is 5.73 Å². The second-order valence-corrected chi connectivity index (χ2v) is 16.8. The minimum Gasteiger partial charge on any atom is -0.507 e. The van der Waals surface area contributed by atoms with Crippen molar-refractivity contribution in [3.8, 4) is 11.5 Å². The Morgan fingerprint density at radius 2 is 1.35 bits per heavy atom. The van der Waals surface area contributed by atoms with Crippen molar-refractivity contribution in [1.82, 2.24) is 0 Å². The number of nitrogens with zero attached hydrogens (tertiary/aromatic N) is 2. The van der Waals surface area contributed by atoms with Gasteiger partial charge in [0.2, 0.25) is 0 Å². The molecule has 0 amide bonds. The first-order chi connectivity index (χ1) is 23.6. The molecule has 0 atom stereocenters. The molecule has 24 heteroatoms. The van der Waals surface area contributed by atoms with Crippen LogP contribution in [0.2, 0.25) is 0 Å². The van der Waals surface area contributed by atoms with Gasteiger partial charge < -0.3 is 15.0 Å². The van der Waals surface area contributed by atoms with Gasteiger partial charge in [-0.25, -0.2) is 5.26 Å². The molecule has 0 bridgehead atoms. The smallest absolute Gasteiger partial charge is 0.339 e. The van der Waals surface area contributed by atoms with Gasteiger partial charge in [0.25, 0.3) is 30.4 Å². The van der Waals surface area contributed by atoms with Crippen molar-refractivity contribution < 1.29 is 71.2 Å². The van der Waals surface area contributed by atoms with E-state index in [1.54, 1.807) is 6.92 Å². The monoisotopic (exact) mass is 803 g/mol. The maximum atomic E-state index is 13.1. The van der Waals surface area contributed by atoms with E-state index >= 15 is 0 Å². The average molecular weight is 804 g/mol. The molecule has 0 saturated carbocycles. The van der Waals surface area contributed by atoms with Gasteiger partial charge in [-0.3, -0.25) is 13.7 Å². The summed E-state index contributed by atoms with van der Waals surface area (Å²) < 4.78 is 140. The lowest BCUT2D eigenvalue weighted by Gasteiger charge is -2.14. The Morgan fingerprint density at radius 3 is 1.94 bits per heavy atom. The molecule has 0 unspecified atom stereocenters. The van der Waals surface area contributed by atoms with Crippen molar-refractivity contribution in [2.45, 2.75) is 31.4 Å². The van der Waals surface area contributed by atoms with Gasteiger partial charge in [0.05, 0.1) is 28.0 Å². The molecule has 0 saturated heterocycles. The lowest BCUT2D eigenvalue weighted by molar-refractivity contribution is -0.432. The Hall–Kier alpha value is -4.47. The molecule has 5 aromatic carbocycles. The SMILES string of the molecule is Cc1ccc(S(=O)(=O)Oc2cc(S(=O)(=O)O)cc3c(S(=O)(=O)O)c(N=Nc4cc(S(=O)(=O)O)c5cc(SOOO)cc(O)c5c4N)ccc23)cc1. The Labute approximate surface area is 292 Å². The Morgan fingerprint density at radius 1 is 0.706 bits per heavy atom. The minimum atomic E-state index is -5.42. The molecule has 7 N–H and O–H groups in total. The van der Waals surface area contributed by atoms with E-state index in [0.717, 1.165) is 24.3 Å². The number of anilines is 1. The standard InChI is InChI=1S/C27H21N3O16S5/c1-13-2-4-15(5-3-13)51(42,43)44-23-11-16(48(33,34)35)10-18-17(23)6-7-20(27(18)50(39,40)41)29-30-21-12-24(49(36,37)38)19-8-14(47-46-45-32)9-22(31)25(19)26(21)28/h2-12,31-32H,28H2,1H3,(H,33,34,35)(H,36,37,38)(H,39,40,41). The molecular weight excluding hydrogens is 783 g/mol. The molecule has 0 aliphatic carbocycles. The number of azo groups is 1. The van der Waals surface area contributed by atoms with Crippen LogP contribution in [-0.2, 0) is 49.8 Å². The number of phenols is 1. The van der Waals surface area contributed by atoms with E-state index in [-0.39, 0.29) is 15.2 Å². The van der Waals surface area contributed by atoms with E-state index in [1.165, 1.54) is 24.3 Å². The van der Waals surface area contributed by atoms with Crippen LogP contribution < -0.4 is 9.92 Å². The normalized spacial score (nSPS) is 13.0. The Balaban J connectivity index is 1.75. The predicted molar refractivity (Wildman–Crippen MR) is 177 cm³/mol. The van der Waals surface area contributed by atoms with E-state index in [0.29, 0.717) is 35.8 Å². The van der Waals surface area contributed by atoms with Crippen LogP contribution in [0.15, 0.2) is 101 Å². The zero-order valence-corrected chi connectivity index (χ0v) is 29.2. The van der Waals surface area contributed by atoms with Crippen LogP contribution >= 0.6 is 12.0 Å². The summed E-state index contributed by atoms with van der Waals surface area (Å²) in [5.41, 5.74) is 5.03. The Bertz CT molecular complexity index is 2720. The largest absolute Gasteiger partial charge is 0.507 e. The number of rotatable bonds is 11. The summed E-state index contributed by atoms with van der Waals surface area (Å²) in [5.74, 6) is -1.47. The summed E-state index contributed by atoms with van der Waals surface area (Å²) in [6.45, 7) is 1.68. The highest BCUT2D eigenvalue weighted by atomic mass is 32.2. The number of aromatic hydroxyl groups is 1. The summed E-state index contributed by atoms with van der Waals surface area (Å²) >= 11 is 0.329. The molecule has 0 heterocycles. The van der Waals surface area contributed by atoms with Crippen molar-refractivity contribution in [3.05, 3.63) is 72.3 Å². The molecule has 0 aliphatic heterocycles. The quantitative estimate of drug-likeness (QED) is 0.0196.